The number of rotatable bonds is 4. The van der Waals surface area contributed by atoms with Gasteiger partial charge in [0.15, 0.2) is 12.5 Å². The van der Waals surface area contributed by atoms with Crippen LogP contribution in [0.5, 0.6) is 0 Å². The van der Waals surface area contributed by atoms with Crippen molar-refractivity contribution in [1.29, 1.82) is 0 Å². The number of aliphatic hydroxyl groups excluding tert-OH is 7. The average Bonchev–Trinajstić information content (AvgIpc) is 2.99. The van der Waals surface area contributed by atoms with Gasteiger partial charge in [0, 0.05) is 0 Å². The lowest BCUT2D eigenvalue weighted by molar-refractivity contribution is -0.253. The molecule has 0 amide bonds. The van der Waals surface area contributed by atoms with Crippen LogP contribution in [0.2, 0.25) is 0 Å². The van der Waals surface area contributed by atoms with Gasteiger partial charge in [-0.15, -0.1) is 0 Å². The Bertz CT molecular complexity index is 858. The zero-order valence-electron chi connectivity index (χ0n) is 14.7. The Balaban J connectivity index is 2.09. The van der Waals surface area contributed by atoms with Gasteiger partial charge in [0.1, 0.15) is 42.7 Å². The molecule has 2 fully saturated rings. The summed E-state index contributed by atoms with van der Waals surface area (Å²) in [5.74, 6) is -1.53. The normalized spacial score (nSPS) is 40.3. The van der Waals surface area contributed by atoms with Gasteiger partial charge >= 0.3 is 5.69 Å². The van der Waals surface area contributed by atoms with E-state index in [1.807, 2.05) is 0 Å². The van der Waals surface area contributed by atoms with Crippen LogP contribution in [-0.2, 0) is 9.47 Å². The highest BCUT2D eigenvalue weighted by molar-refractivity contribution is 4.99. The minimum Gasteiger partial charge on any atom is -0.394 e. The van der Waals surface area contributed by atoms with E-state index >= 15 is 0 Å². The van der Waals surface area contributed by atoms with Crippen LogP contribution in [0.4, 0.5) is 4.39 Å². The molecule has 9 atom stereocenters. The fourth-order valence-corrected chi connectivity index (χ4v) is 3.37. The van der Waals surface area contributed by atoms with Crippen molar-refractivity contribution in [2.75, 3.05) is 13.2 Å². The van der Waals surface area contributed by atoms with Crippen LogP contribution in [0.15, 0.2) is 15.8 Å². The van der Waals surface area contributed by atoms with E-state index in [1.165, 1.54) is 0 Å². The van der Waals surface area contributed by atoms with Gasteiger partial charge in [0.2, 0.25) is 5.82 Å². The van der Waals surface area contributed by atoms with Crippen LogP contribution >= 0.6 is 0 Å². The van der Waals surface area contributed by atoms with E-state index in [4.69, 9.17) is 14.6 Å². The molecule has 13 nitrogen and oxygen atoms in total. The maximum absolute atomic E-state index is 14.3. The number of hydrogen-bond donors (Lipinski definition) is 7. The van der Waals surface area contributed by atoms with Gasteiger partial charge in [-0.1, -0.05) is 0 Å². The smallest absolute Gasteiger partial charge is 0.335 e. The predicted octanol–water partition coefficient (Wildman–Crippen LogP) is -5.27. The Hall–Kier alpha value is -1.75. The molecule has 0 radical (unpaired) electrons. The van der Waals surface area contributed by atoms with Crippen molar-refractivity contribution < 1.29 is 49.6 Å². The van der Waals surface area contributed by atoms with Crippen LogP contribution < -0.4 is 11.2 Å². The summed E-state index contributed by atoms with van der Waals surface area (Å²) in [6, 6.07) is 0. The number of halogens is 1. The molecule has 1 unspecified atom stereocenters. The first-order valence-corrected chi connectivity index (χ1v) is 8.60. The lowest BCUT2D eigenvalue weighted by atomic mass is 9.98. The highest BCUT2D eigenvalue weighted by atomic mass is 19.1. The largest absolute Gasteiger partial charge is 0.394 e. The van der Waals surface area contributed by atoms with Crippen molar-refractivity contribution in [1.82, 2.24) is 9.13 Å². The molecule has 0 aliphatic carbocycles. The van der Waals surface area contributed by atoms with E-state index in [0.29, 0.717) is 10.8 Å². The zero-order valence-corrected chi connectivity index (χ0v) is 14.7. The molecule has 3 heterocycles. The molecule has 14 heteroatoms. The number of aliphatic hydroxyl groups is 7. The summed E-state index contributed by atoms with van der Waals surface area (Å²) in [5, 5.41) is 68.1. The summed E-state index contributed by atoms with van der Waals surface area (Å²) in [6.45, 7) is -1.58. The molecular formula is C15H21FN2O11. The monoisotopic (exact) mass is 424 g/mol. The Kier molecular flexibility index (Phi) is 6.19. The first-order chi connectivity index (χ1) is 13.6. The van der Waals surface area contributed by atoms with Gasteiger partial charge in [-0.2, -0.15) is 4.39 Å². The maximum atomic E-state index is 14.3. The first kappa shape index (κ1) is 21.9. The van der Waals surface area contributed by atoms with E-state index in [-0.39, 0.29) is 4.57 Å². The summed E-state index contributed by atoms with van der Waals surface area (Å²) in [6.07, 6.45) is -15.2. The van der Waals surface area contributed by atoms with Crippen LogP contribution in [0.3, 0.4) is 0 Å². The number of ether oxygens (including phenoxy) is 2. The average molecular weight is 424 g/mol. The van der Waals surface area contributed by atoms with Crippen molar-refractivity contribution in [3.8, 4) is 0 Å². The Labute approximate surface area is 161 Å². The van der Waals surface area contributed by atoms with Crippen molar-refractivity contribution in [2.45, 2.75) is 55.2 Å². The van der Waals surface area contributed by atoms with Crippen LogP contribution in [0.1, 0.15) is 12.5 Å². The van der Waals surface area contributed by atoms with E-state index < -0.39 is 85.5 Å². The molecule has 1 aromatic rings. The molecule has 2 saturated heterocycles. The van der Waals surface area contributed by atoms with Gasteiger partial charge in [-0.25, -0.2) is 9.36 Å². The molecule has 0 bridgehead atoms. The van der Waals surface area contributed by atoms with E-state index in [1.54, 1.807) is 0 Å². The molecule has 29 heavy (non-hydrogen) atoms. The number of aromatic nitrogens is 2. The molecule has 0 spiro atoms. The lowest BCUT2D eigenvalue weighted by Crippen LogP contribution is -2.60. The second kappa shape index (κ2) is 8.17. The Morgan fingerprint density at radius 3 is 1.86 bits per heavy atom. The second-order valence-electron chi connectivity index (χ2n) is 6.79. The van der Waals surface area contributed by atoms with Crippen LogP contribution in [0, 0.1) is 5.82 Å². The molecule has 3 rings (SSSR count). The Morgan fingerprint density at radius 1 is 0.828 bits per heavy atom. The van der Waals surface area contributed by atoms with E-state index in [2.05, 4.69) is 0 Å². The molecule has 0 saturated carbocycles. The first-order valence-electron chi connectivity index (χ1n) is 8.60. The molecule has 7 N–H and O–H groups in total. The van der Waals surface area contributed by atoms with Crippen molar-refractivity contribution in [3.63, 3.8) is 0 Å². The molecule has 2 aliphatic heterocycles. The van der Waals surface area contributed by atoms with Crippen molar-refractivity contribution in [2.24, 2.45) is 0 Å². The fraction of sp³-hybridized carbons (Fsp3) is 0.733. The topological polar surface area (TPSA) is 204 Å². The third-order valence-corrected chi connectivity index (χ3v) is 5.02. The number of nitrogens with zero attached hydrogens (tertiary/aromatic N) is 2. The molecule has 164 valence electrons. The fourth-order valence-electron chi connectivity index (χ4n) is 3.37. The minimum atomic E-state index is -2.06. The molecular weight excluding hydrogens is 403 g/mol. The van der Waals surface area contributed by atoms with Crippen molar-refractivity contribution >= 4 is 0 Å². The van der Waals surface area contributed by atoms with Gasteiger partial charge < -0.3 is 45.2 Å². The zero-order chi connectivity index (χ0) is 21.6. The second-order valence-corrected chi connectivity index (χ2v) is 6.79. The quantitative estimate of drug-likeness (QED) is 0.243. The summed E-state index contributed by atoms with van der Waals surface area (Å²) in [7, 11) is 0. The highest BCUT2D eigenvalue weighted by Crippen LogP contribution is 2.29. The minimum absolute atomic E-state index is 0.0898. The summed E-state index contributed by atoms with van der Waals surface area (Å²) < 4.78 is 25.0. The van der Waals surface area contributed by atoms with E-state index in [9.17, 15) is 44.6 Å². The SMILES string of the molecule is O=c1c(F)cn([C@@H]2O[C@H](CO)[C@@H](O)[C@H]2O)c(=O)n1C1O[C@H](CO)[C@H](O)[C@H](O)[C@H]1O. The standard InChI is InChI=1S/C15H21FN2O11/c16-4-1-17(13-10(24)8(22)6(3-20)28-13)15(27)18(12(4)26)14-11(25)9(23)7(21)5(2-19)29-14/h1,5-11,13-14,19-25H,2-3H2/t5-,6-,7+,8-,9+,10-,11-,13-,14?/m1/s1. The summed E-state index contributed by atoms with van der Waals surface area (Å²) in [4.78, 5) is 25.1. The summed E-state index contributed by atoms with van der Waals surface area (Å²) >= 11 is 0. The number of hydrogen-bond acceptors (Lipinski definition) is 11. The molecule has 2 aliphatic rings. The van der Waals surface area contributed by atoms with Gasteiger partial charge in [-0.05, 0) is 0 Å². The summed E-state index contributed by atoms with van der Waals surface area (Å²) in [5.41, 5.74) is -2.90. The van der Waals surface area contributed by atoms with Crippen molar-refractivity contribution in [3.05, 3.63) is 32.9 Å². The lowest BCUT2D eigenvalue weighted by Gasteiger charge is -2.40. The van der Waals surface area contributed by atoms with Crippen LogP contribution in [-0.4, -0.2) is 101 Å². The molecule has 0 aromatic carbocycles. The predicted molar refractivity (Wildman–Crippen MR) is 86.9 cm³/mol. The van der Waals surface area contributed by atoms with Gasteiger partial charge in [-0.3, -0.25) is 9.36 Å². The highest BCUT2D eigenvalue weighted by Gasteiger charge is 2.47. The van der Waals surface area contributed by atoms with Gasteiger partial charge in [0.05, 0.1) is 19.4 Å². The Morgan fingerprint density at radius 2 is 1.31 bits per heavy atom. The van der Waals surface area contributed by atoms with Crippen LogP contribution in [0.25, 0.3) is 0 Å². The van der Waals surface area contributed by atoms with E-state index in [0.717, 1.165) is 0 Å². The van der Waals surface area contributed by atoms with Gasteiger partial charge in [0.25, 0.3) is 5.56 Å². The molecule has 1 aromatic heterocycles. The maximum Gasteiger partial charge on any atom is 0.335 e. The third-order valence-electron chi connectivity index (χ3n) is 5.02. The third kappa shape index (κ3) is 3.52.